The monoisotopic (exact) mass is 377 g/mol. The normalized spacial score (nSPS) is 15.9. The summed E-state index contributed by atoms with van der Waals surface area (Å²) in [6.45, 7) is 3.96. The van der Waals surface area contributed by atoms with Gasteiger partial charge in [0.05, 0.1) is 17.8 Å². The number of imidazole rings is 1. The van der Waals surface area contributed by atoms with E-state index < -0.39 is 0 Å². The molecule has 5 heteroatoms. The number of amides is 1. The first-order valence-corrected chi connectivity index (χ1v) is 9.78. The molecule has 28 heavy (non-hydrogen) atoms. The lowest BCUT2D eigenvalue weighted by Gasteiger charge is -2.30. The van der Waals surface area contributed by atoms with Gasteiger partial charge in [-0.1, -0.05) is 30.3 Å². The number of rotatable bonds is 5. The second kappa shape index (κ2) is 7.97. The molecule has 1 unspecified atom stereocenters. The molecule has 0 spiro atoms. The number of benzene rings is 2. The Hall–Kier alpha value is -2.95. The SMILES string of the molecule is CCN(Cc1ccccc1)C(=O)C1CCc2ncc(-c3ccc(F)cc3)n2C1. The predicted octanol–water partition coefficient (Wildman–Crippen LogP) is 4.30. The van der Waals surface area contributed by atoms with E-state index in [0.29, 0.717) is 19.6 Å². The molecule has 144 valence electrons. The van der Waals surface area contributed by atoms with Crippen LogP contribution in [-0.4, -0.2) is 26.9 Å². The highest BCUT2D eigenvalue weighted by Crippen LogP contribution is 2.29. The lowest BCUT2D eigenvalue weighted by atomic mass is 9.97. The van der Waals surface area contributed by atoms with Crippen LogP contribution in [0.3, 0.4) is 0 Å². The molecule has 0 bridgehead atoms. The van der Waals surface area contributed by atoms with Crippen molar-refractivity contribution in [2.75, 3.05) is 6.54 Å². The van der Waals surface area contributed by atoms with Crippen molar-refractivity contribution in [3.8, 4) is 11.3 Å². The van der Waals surface area contributed by atoms with E-state index in [2.05, 4.69) is 21.7 Å². The first kappa shape index (κ1) is 18.4. The van der Waals surface area contributed by atoms with Crippen LogP contribution in [0.25, 0.3) is 11.3 Å². The maximum absolute atomic E-state index is 13.3. The summed E-state index contributed by atoms with van der Waals surface area (Å²) >= 11 is 0. The van der Waals surface area contributed by atoms with Gasteiger partial charge < -0.3 is 9.47 Å². The topological polar surface area (TPSA) is 38.1 Å². The summed E-state index contributed by atoms with van der Waals surface area (Å²) < 4.78 is 15.4. The van der Waals surface area contributed by atoms with Crippen LogP contribution in [0, 0.1) is 11.7 Å². The van der Waals surface area contributed by atoms with Crippen LogP contribution in [0.2, 0.25) is 0 Å². The maximum atomic E-state index is 13.3. The van der Waals surface area contributed by atoms with Gasteiger partial charge in [-0.05, 0) is 48.7 Å². The molecule has 0 radical (unpaired) electrons. The largest absolute Gasteiger partial charge is 0.338 e. The molecule has 4 rings (SSSR count). The number of halogens is 1. The lowest BCUT2D eigenvalue weighted by Crippen LogP contribution is -2.39. The molecule has 1 amide bonds. The molecule has 1 atom stereocenters. The third-order valence-electron chi connectivity index (χ3n) is 5.46. The van der Waals surface area contributed by atoms with Gasteiger partial charge in [0.2, 0.25) is 5.91 Å². The Morgan fingerprint density at radius 1 is 1.18 bits per heavy atom. The van der Waals surface area contributed by atoms with E-state index in [1.165, 1.54) is 12.1 Å². The number of nitrogens with zero attached hydrogens (tertiary/aromatic N) is 3. The van der Waals surface area contributed by atoms with Crippen LogP contribution in [0.15, 0.2) is 60.8 Å². The van der Waals surface area contributed by atoms with Crippen LogP contribution in [0.4, 0.5) is 4.39 Å². The second-order valence-corrected chi connectivity index (χ2v) is 7.25. The van der Waals surface area contributed by atoms with Crippen molar-refractivity contribution in [3.63, 3.8) is 0 Å². The Kier molecular flexibility index (Phi) is 5.24. The fourth-order valence-electron chi connectivity index (χ4n) is 3.89. The first-order valence-electron chi connectivity index (χ1n) is 9.78. The zero-order valence-corrected chi connectivity index (χ0v) is 16.0. The van der Waals surface area contributed by atoms with Crippen molar-refractivity contribution in [1.29, 1.82) is 0 Å². The lowest BCUT2D eigenvalue weighted by molar-refractivity contribution is -0.137. The number of carbonyl (C=O) groups is 1. The number of carbonyl (C=O) groups excluding carboxylic acids is 1. The Labute approximate surface area is 164 Å². The Balaban J connectivity index is 1.53. The van der Waals surface area contributed by atoms with E-state index in [0.717, 1.165) is 35.5 Å². The van der Waals surface area contributed by atoms with Gasteiger partial charge in [-0.2, -0.15) is 0 Å². The molecule has 1 aliphatic rings. The maximum Gasteiger partial charge on any atom is 0.227 e. The van der Waals surface area contributed by atoms with Gasteiger partial charge >= 0.3 is 0 Å². The minimum atomic E-state index is -0.255. The molecule has 3 aromatic rings. The van der Waals surface area contributed by atoms with E-state index in [-0.39, 0.29) is 17.6 Å². The number of hydrogen-bond acceptors (Lipinski definition) is 2. The fourth-order valence-corrected chi connectivity index (χ4v) is 3.89. The van der Waals surface area contributed by atoms with E-state index in [1.807, 2.05) is 36.2 Å². The van der Waals surface area contributed by atoms with Gasteiger partial charge in [0, 0.05) is 26.1 Å². The Morgan fingerprint density at radius 3 is 2.64 bits per heavy atom. The summed E-state index contributed by atoms with van der Waals surface area (Å²) in [4.78, 5) is 19.7. The number of aryl methyl sites for hydroxylation is 1. The highest BCUT2D eigenvalue weighted by atomic mass is 19.1. The van der Waals surface area contributed by atoms with E-state index in [1.54, 1.807) is 12.1 Å². The minimum absolute atomic E-state index is 0.0652. The molecule has 0 N–H and O–H groups in total. The van der Waals surface area contributed by atoms with Crippen LogP contribution in [0.5, 0.6) is 0 Å². The zero-order chi connectivity index (χ0) is 19.5. The third kappa shape index (κ3) is 3.70. The summed E-state index contributed by atoms with van der Waals surface area (Å²) in [6, 6.07) is 16.5. The summed E-state index contributed by atoms with van der Waals surface area (Å²) in [7, 11) is 0. The molecule has 0 fully saturated rings. The van der Waals surface area contributed by atoms with Crippen molar-refractivity contribution in [2.45, 2.75) is 32.9 Å². The molecule has 2 aromatic carbocycles. The minimum Gasteiger partial charge on any atom is -0.338 e. The molecule has 1 aromatic heterocycles. The predicted molar refractivity (Wildman–Crippen MR) is 107 cm³/mol. The molecule has 4 nitrogen and oxygen atoms in total. The van der Waals surface area contributed by atoms with Crippen LogP contribution in [-0.2, 0) is 24.3 Å². The third-order valence-corrected chi connectivity index (χ3v) is 5.46. The summed E-state index contributed by atoms with van der Waals surface area (Å²) in [6.07, 6.45) is 3.42. The summed E-state index contributed by atoms with van der Waals surface area (Å²) in [5.41, 5.74) is 3.01. The van der Waals surface area contributed by atoms with E-state index in [4.69, 9.17) is 0 Å². The van der Waals surface area contributed by atoms with Gasteiger partial charge in [0.25, 0.3) is 0 Å². The van der Waals surface area contributed by atoms with Crippen LogP contribution in [0.1, 0.15) is 24.7 Å². The zero-order valence-electron chi connectivity index (χ0n) is 16.0. The highest BCUT2D eigenvalue weighted by Gasteiger charge is 2.29. The summed E-state index contributed by atoms with van der Waals surface area (Å²) in [5.74, 6) is 0.865. The van der Waals surface area contributed by atoms with Crippen molar-refractivity contribution < 1.29 is 9.18 Å². The van der Waals surface area contributed by atoms with Crippen LogP contribution >= 0.6 is 0 Å². The molecule has 0 aliphatic carbocycles. The van der Waals surface area contributed by atoms with E-state index >= 15 is 0 Å². The highest BCUT2D eigenvalue weighted by molar-refractivity contribution is 5.79. The summed E-state index contributed by atoms with van der Waals surface area (Å²) in [5, 5.41) is 0. The van der Waals surface area contributed by atoms with Gasteiger partial charge in [-0.3, -0.25) is 4.79 Å². The molecule has 0 saturated heterocycles. The molecule has 2 heterocycles. The Morgan fingerprint density at radius 2 is 1.93 bits per heavy atom. The second-order valence-electron chi connectivity index (χ2n) is 7.25. The standard InChI is InChI=1S/C23H24FN3O/c1-2-26(15-17-6-4-3-5-7-17)23(28)19-10-13-22-25-14-21(27(22)16-19)18-8-11-20(24)12-9-18/h3-9,11-12,14,19H,2,10,13,15-16H2,1H3. The van der Waals surface area contributed by atoms with E-state index in [9.17, 15) is 9.18 Å². The van der Waals surface area contributed by atoms with Crippen LogP contribution < -0.4 is 0 Å². The number of fused-ring (bicyclic) bond motifs is 1. The van der Waals surface area contributed by atoms with Crippen molar-refractivity contribution in [3.05, 3.63) is 78.0 Å². The van der Waals surface area contributed by atoms with Gasteiger partial charge in [-0.15, -0.1) is 0 Å². The number of hydrogen-bond donors (Lipinski definition) is 0. The fraction of sp³-hybridized carbons (Fsp3) is 0.304. The Bertz CT molecular complexity index is 950. The molecular weight excluding hydrogens is 353 g/mol. The van der Waals surface area contributed by atoms with Crippen molar-refractivity contribution in [1.82, 2.24) is 14.5 Å². The van der Waals surface area contributed by atoms with Crippen molar-refractivity contribution >= 4 is 5.91 Å². The van der Waals surface area contributed by atoms with Crippen molar-refractivity contribution in [2.24, 2.45) is 5.92 Å². The number of aromatic nitrogens is 2. The average molecular weight is 377 g/mol. The smallest absolute Gasteiger partial charge is 0.227 e. The van der Waals surface area contributed by atoms with Gasteiger partial charge in [0.15, 0.2) is 0 Å². The molecule has 1 aliphatic heterocycles. The molecular formula is C23H24FN3O. The average Bonchev–Trinajstić information content (AvgIpc) is 3.16. The van der Waals surface area contributed by atoms with Gasteiger partial charge in [0.1, 0.15) is 11.6 Å². The quantitative estimate of drug-likeness (QED) is 0.665. The molecule has 0 saturated carbocycles. The first-order chi connectivity index (χ1) is 13.7. The van der Waals surface area contributed by atoms with Gasteiger partial charge in [-0.25, -0.2) is 9.37 Å².